The van der Waals surface area contributed by atoms with Crippen LogP contribution >= 0.6 is 11.6 Å². The zero-order valence-corrected chi connectivity index (χ0v) is 14.9. The Kier molecular flexibility index (Phi) is 4.35. The number of benzene rings is 1. The van der Waals surface area contributed by atoms with Crippen molar-refractivity contribution in [3.05, 3.63) is 58.9 Å². The van der Waals surface area contributed by atoms with E-state index in [2.05, 4.69) is 4.98 Å². The molecule has 0 radical (unpaired) electrons. The van der Waals surface area contributed by atoms with Crippen LogP contribution in [0.1, 0.15) is 31.9 Å². The number of anilines is 1. The normalized spacial score (nSPS) is 15.4. The fourth-order valence-corrected chi connectivity index (χ4v) is 2.69. The first kappa shape index (κ1) is 17.2. The number of fused-ring (bicyclic) bond motifs is 1. The van der Waals surface area contributed by atoms with Crippen LogP contribution in [0.2, 0.25) is 5.02 Å². The molecule has 0 spiro atoms. The summed E-state index contributed by atoms with van der Waals surface area (Å²) in [5.74, 6) is -0.449. The smallest absolute Gasteiger partial charge is 0.422 e. The lowest BCUT2D eigenvalue weighted by Crippen LogP contribution is -2.38. The maximum atomic E-state index is 12.9. The van der Waals surface area contributed by atoms with Gasteiger partial charge in [-0.3, -0.25) is 9.78 Å². The van der Waals surface area contributed by atoms with Crippen molar-refractivity contribution in [2.45, 2.75) is 26.4 Å². The van der Waals surface area contributed by atoms with Crippen molar-refractivity contribution in [1.82, 2.24) is 4.98 Å². The molecule has 1 aliphatic heterocycles. The van der Waals surface area contributed by atoms with E-state index in [1.54, 1.807) is 63.5 Å². The van der Waals surface area contributed by atoms with Gasteiger partial charge in [0, 0.05) is 23.0 Å². The molecule has 2 amide bonds. The summed E-state index contributed by atoms with van der Waals surface area (Å²) >= 11 is 6.06. The maximum absolute atomic E-state index is 12.9. The number of imide groups is 1. The van der Waals surface area contributed by atoms with E-state index in [1.807, 2.05) is 6.07 Å². The second-order valence-electron chi connectivity index (χ2n) is 6.63. The Morgan fingerprint density at radius 2 is 2.04 bits per heavy atom. The van der Waals surface area contributed by atoms with Gasteiger partial charge in [-0.25, -0.2) is 9.69 Å². The lowest BCUT2D eigenvalue weighted by atomic mass is 10.1. The van der Waals surface area contributed by atoms with Crippen LogP contribution in [0.15, 0.2) is 42.7 Å². The zero-order valence-electron chi connectivity index (χ0n) is 14.1. The monoisotopic (exact) mass is 356 g/mol. The van der Waals surface area contributed by atoms with Crippen LogP contribution in [0, 0.1) is 0 Å². The van der Waals surface area contributed by atoms with Crippen molar-refractivity contribution in [3.63, 3.8) is 0 Å². The highest BCUT2D eigenvalue weighted by atomic mass is 35.5. The average Bonchev–Trinajstić information content (AvgIpc) is 2.78. The van der Waals surface area contributed by atoms with Crippen LogP contribution in [-0.2, 0) is 9.53 Å². The minimum Gasteiger partial charge on any atom is -0.443 e. The lowest BCUT2D eigenvalue weighted by molar-refractivity contribution is -0.112. The minimum atomic E-state index is -0.726. The number of carbonyl (C=O) groups is 2. The van der Waals surface area contributed by atoms with Crippen molar-refractivity contribution in [2.75, 3.05) is 4.90 Å². The van der Waals surface area contributed by atoms with Crippen LogP contribution in [0.5, 0.6) is 0 Å². The van der Waals surface area contributed by atoms with E-state index >= 15 is 0 Å². The van der Waals surface area contributed by atoms with Gasteiger partial charge in [0.15, 0.2) is 0 Å². The minimum absolute atomic E-state index is 0.394. The third-order valence-electron chi connectivity index (χ3n) is 3.50. The summed E-state index contributed by atoms with van der Waals surface area (Å²) < 4.78 is 5.37. The van der Waals surface area contributed by atoms with Gasteiger partial charge >= 0.3 is 6.09 Å². The molecule has 0 aliphatic carbocycles. The number of aromatic nitrogens is 1. The molecule has 2 heterocycles. The number of hydrogen-bond donors (Lipinski definition) is 0. The molecule has 3 rings (SSSR count). The molecular weight excluding hydrogens is 340 g/mol. The fraction of sp³-hybridized carbons (Fsp3) is 0.211. The van der Waals surface area contributed by atoms with Gasteiger partial charge in [0.1, 0.15) is 5.60 Å². The first-order valence-electron chi connectivity index (χ1n) is 7.75. The predicted molar refractivity (Wildman–Crippen MR) is 97.3 cm³/mol. The molecular formula is C19H17ClN2O3. The molecule has 25 heavy (non-hydrogen) atoms. The van der Waals surface area contributed by atoms with E-state index in [9.17, 15) is 9.59 Å². The summed E-state index contributed by atoms with van der Waals surface area (Å²) in [6, 6.07) is 8.60. The van der Waals surface area contributed by atoms with Gasteiger partial charge < -0.3 is 4.74 Å². The Balaban J connectivity index is 2.08. The number of amides is 2. The second-order valence-corrected chi connectivity index (χ2v) is 7.06. The predicted octanol–water partition coefficient (Wildman–Crippen LogP) is 4.56. The van der Waals surface area contributed by atoms with E-state index in [-0.39, 0.29) is 0 Å². The highest BCUT2D eigenvalue weighted by Crippen LogP contribution is 2.40. The quantitative estimate of drug-likeness (QED) is 0.703. The van der Waals surface area contributed by atoms with Gasteiger partial charge in [0.05, 0.1) is 11.3 Å². The van der Waals surface area contributed by atoms with E-state index in [0.717, 1.165) is 10.5 Å². The molecule has 2 aromatic rings. The largest absolute Gasteiger partial charge is 0.443 e. The second kappa shape index (κ2) is 6.33. The highest BCUT2D eigenvalue weighted by Gasteiger charge is 2.39. The van der Waals surface area contributed by atoms with Crippen LogP contribution in [0.3, 0.4) is 0 Å². The number of nitrogens with zero attached hydrogens (tertiary/aromatic N) is 2. The fourth-order valence-electron chi connectivity index (χ4n) is 2.52. The SMILES string of the molecule is CC(C)(C)OC(=O)N1C(=O)C(=Cc2cccnc2)c2ccc(Cl)cc21. The van der Waals surface area contributed by atoms with E-state index in [0.29, 0.717) is 21.8 Å². The van der Waals surface area contributed by atoms with Crippen molar-refractivity contribution >= 4 is 40.9 Å². The van der Waals surface area contributed by atoms with Crippen molar-refractivity contribution in [1.29, 1.82) is 0 Å². The highest BCUT2D eigenvalue weighted by molar-refractivity contribution is 6.42. The third-order valence-corrected chi connectivity index (χ3v) is 3.73. The van der Waals surface area contributed by atoms with Crippen LogP contribution in [0.4, 0.5) is 10.5 Å². The van der Waals surface area contributed by atoms with Gasteiger partial charge in [-0.1, -0.05) is 23.7 Å². The molecule has 0 N–H and O–H groups in total. The number of pyridine rings is 1. The van der Waals surface area contributed by atoms with Crippen LogP contribution < -0.4 is 4.90 Å². The lowest BCUT2D eigenvalue weighted by Gasteiger charge is -2.23. The summed E-state index contributed by atoms with van der Waals surface area (Å²) in [5.41, 5.74) is 1.49. The van der Waals surface area contributed by atoms with Crippen molar-refractivity contribution < 1.29 is 14.3 Å². The molecule has 0 bridgehead atoms. The molecule has 1 aliphatic rings. The molecule has 0 unspecified atom stereocenters. The Labute approximate surface area is 150 Å². The van der Waals surface area contributed by atoms with Gasteiger partial charge in [0.25, 0.3) is 5.91 Å². The molecule has 5 nitrogen and oxygen atoms in total. The summed E-state index contributed by atoms with van der Waals surface area (Å²) in [4.78, 5) is 30.5. The van der Waals surface area contributed by atoms with Gasteiger partial charge in [0.2, 0.25) is 0 Å². The van der Waals surface area contributed by atoms with Gasteiger partial charge in [-0.2, -0.15) is 0 Å². The van der Waals surface area contributed by atoms with Crippen LogP contribution in [-0.4, -0.2) is 22.6 Å². The molecule has 6 heteroatoms. The summed E-state index contributed by atoms with van der Waals surface area (Å²) in [7, 11) is 0. The summed E-state index contributed by atoms with van der Waals surface area (Å²) in [6.45, 7) is 5.24. The number of hydrogen-bond acceptors (Lipinski definition) is 4. The Hall–Kier alpha value is -2.66. The van der Waals surface area contributed by atoms with Crippen LogP contribution in [0.25, 0.3) is 11.6 Å². The molecule has 0 atom stereocenters. The number of halogens is 1. The Bertz CT molecular complexity index is 870. The van der Waals surface area contributed by atoms with E-state index < -0.39 is 17.6 Å². The molecule has 0 saturated heterocycles. The number of carbonyl (C=O) groups excluding carboxylic acids is 2. The van der Waals surface area contributed by atoms with Gasteiger partial charge in [-0.05, 0) is 50.6 Å². The molecule has 0 fully saturated rings. The zero-order chi connectivity index (χ0) is 18.2. The van der Waals surface area contributed by atoms with E-state index in [1.165, 1.54) is 0 Å². The topological polar surface area (TPSA) is 59.5 Å². The summed E-state index contributed by atoms with van der Waals surface area (Å²) in [5, 5.41) is 0.433. The third kappa shape index (κ3) is 3.56. The van der Waals surface area contributed by atoms with Crippen molar-refractivity contribution in [3.8, 4) is 0 Å². The standard InChI is InChI=1S/C19H17ClN2O3/c1-19(2,3)25-18(24)22-16-10-13(20)6-7-14(16)15(17(22)23)9-12-5-4-8-21-11-12/h4-11H,1-3H3. The molecule has 1 aromatic carbocycles. The van der Waals surface area contributed by atoms with Gasteiger partial charge in [-0.15, -0.1) is 0 Å². The number of rotatable bonds is 1. The number of ether oxygens (including phenoxy) is 1. The first-order valence-corrected chi connectivity index (χ1v) is 8.13. The first-order chi connectivity index (χ1) is 11.8. The van der Waals surface area contributed by atoms with E-state index in [4.69, 9.17) is 16.3 Å². The molecule has 1 aromatic heterocycles. The Morgan fingerprint density at radius 3 is 2.68 bits per heavy atom. The molecule has 128 valence electrons. The molecule has 0 saturated carbocycles. The van der Waals surface area contributed by atoms with Crippen molar-refractivity contribution in [2.24, 2.45) is 0 Å². The summed E-state index contributed by atoms with van der Waals surface area (Å²) in [6.07, 6.45) is 4.27. The Morgan fingerprint density at radius 1 is 1.28 bits per heavy atom. The average molecular weight is 357 g/mol. The maximum Gasteiger partial charge on any atom is 0.422 e.